The second kappa shape index (κ2) is 9.40. The number of fused-ring (bicyclic) bond motifs is 1. The van der Waals surface area contributed by atoms with E-state index in [-0.39, 0.29) is 11.7 Å². The molecule has 4 rings (SSSR count). The molecule has 0 unspecified atom stereocenters. The SMILES string of the molecule is COc1cccc(OC)c1Cn1oc(=O)ccc(=O)on(-c2nc3cc(C)c(C)cc3s2)c1=N. The molecule has 0 bridgehead atoms. The van der Waals surface area contributed by atoms with Crippen LogP contribution in [0.2, 0.25) is 0 Å². The number of nitrogens with one attached hydrogen (secondary N) is 1. The van der Waals surface area contributed by atoms with Gasteiger partial charge in [0.25, 0.3) is 5.62 Å². The Morgan fingerprint density at radius 3 is 2.24 bits per heavy atom. The van der Waals surface area contributed by atoms with Crippen molar-refractivity contribution in [3.8, 4) is 16.6 Å². The predicted octanol–water partition coefficient (Wildman–Crippen LogP) is 3.08. The van der Waals surface area contributed by atoms with E-state index in [1.54, 1.807) is 18.2 Å². The van der Waals surface area contributed by atoms with Gasteiger partial charge in [0.05, 0.1) is 36.5 Å². The molecular formula is C23H22N4O6S. The van der Waals surface area contributed by atoms with Gasteiger partial charge in [0.1, 0.15) is 11.5 Å². The summed E-state index contributed by atoms with van der Waals surface area (Å²) in [4.78, 5) is 29.2. The molecule has 11 heteroatoms. The van der Waals surface area contributed by atoms with Crippen LogP contribution in [0.1, 0.15) is 16.7 Å². The molecule has 176 valence electrons. The molecule has 0 amide bonds. The summed E-state index contributed by atoms with van der Waals surface area (Å²) in [5, 5.41) is 9.00. The molecule has 0 atom stereocenters. The van der Waals surface area contributed by atoms with Crippen molar-refractivity contribution >= 4 is 21.6 Å². The van der Waals surface area contributed by atoms with Crippen molar-refractivity contribution in [1.82, 2.24) is 14.5 Å². The molecule has 2 aromatic carbocycles. The molecule has 2 aromatic heterocycles. The van der Waals surface area contributed by atoms with Crippen molar-refractivity contribution in [2.24, 2.45) is 0 Å². The lowest BCUT2D eigenvalue weighted by Gasteiger charge is -2.13. The van der Waals surface area contributed by atoms with Crippen LogP contribution in [-0.4, -0.2) is 28.7 Å². The van der Waals surface area contributed by atoms with Gasteiger partial charge in [-0.25, -0.2) is 14.6 Å². The molecular weight excluding hydrogens is 460 g/mol. The quantitative estimate of drug-likeness (QED) is 0.463. The number of methoxy groups -OCH3 is 2. The summed E-state index contributed by atoms with van der Waals surface area (Å²) in [5.41, 5.74) is 1.21. The number of aryl methyl sites for hydroxylation is 2. The van der Waals surface area contributed by atoms with Gasteiger partial charge in [-0.15, -0.1) is 4.74 Å². The Bertz CT molecular complexity index is 1550. The zero-order valence-electron chi connectivity index (χ0n) is 18.9. The van der Waals surface area contributed by atoms with E-state index < -0.39 is 16.9 Å². The molecule has 34 heavy (non-hydrogen) atoms. The highest BCUT2D eigenvalue weighted by Crippen LogP contribution is 2.29. The van der Waals surface area contributed by atoms with E-state index in [9.17, 15) is 9.59 Å². The van der Waals surface area contributed by atoms with E-state index in [1.807, 2.05) is 26.0 Å². The summed E-state index contributed by atoms with van der Waals surface area (Å²) >= 11 is 1.24. The largest absolute Gasteiger partial charge is 0.496 e. The Morgan fingerprint density at radius 2 is 1.59 bits per heavy atom. The monoisotopic (exact) mass is 482 g/mol. The van der Waals surface area contributed by atoms with Crippen LogP contribution in [0.15, 0.2) is 61.1 Å². The molecule has 0 radical (unpaired) electrons. The fraction of sp³-hybridized carbons (Fsp3) is 0.217. The summed E-state index contributed by atoms with van der Waals surface area (Å²) in [7, 11) is 2.99. The Kier molecular flexibility index (Phi) is 6.37. The van der Waals surface area contributed by atoms with E-state index >= 15 is 0 Å². The first-order chi connectivity index (χ1) is 16.3. The first-order valence-electron chi connectivity index (χ1n) is 10.2. The molecule has 0 aliphatic rings. The van der Waals surface area contributed by atoms with Gasteiger partial charge in [0.2, 0.25) is 5.13 Å². The zero-order valence-corrected chi connectivity index (χ0v) is 19.8. The summed E-state index contributed by atoms with van der Waals surface area (Å²) in [5.74, 6) is 0.932. The average Bonchev–Trinajstić information content (AvgIpc) is 3.23. The highest BCUT2D eigenvalue weighted by Gasteiger charge is 2.15. The third-order valence-corrected chi connectivity index (χ3v) is 6.15. The van der Waals surface area contributed by atoms with Crippen molar-refractivity contribution in [3.63, 3.8) is 0 Å². The van der Waals surface area contributed by atoms with E-state index in [0.29, 0.717) is 22.6 Å². The summed E-state index contributed by atoms with van der Waals surface area (Å²) in [6, 6.07) is 10.9. The van der Waals surface area contributed by atoms with Gasteiger partial charge in [-0.2, -0.15) is 4.74 Å². The maximum absolute atomic E-state index is 12.3. The van der Waals surface area contributed by atoms with E-state index in [4.69, 9.17) is 23.9 Å². The number of thiazole rings is 1. The fourth-order valence-corrected chi connectivity index (χ4v) is 4.29. The number of ether oxygens (including phenoxy) is 2. The minimum absolute atomic E-state index is 0.122. The van der Waals surface area contributed by atoms with E-state index in [1.165, 1.54) is 25.6 Å². The number of aromatic nitrogens is 3. The highest BCUT2D eigenvalue weighted by molar-refractivity contribution is 7.20. The van der Waals surface area contributed by atoms with Gasteiger partial charge < -0.3 is 18.5 Å². The molecule has 0 saturated carbocycles. The van der Waals surface area contributed by atoms with Gasteiger partial charge in [-0.1, -0.05) is 17.4 Å². The molecule has 0 aliphatic carbocycles. The third-order valence-electron chi connectivity index (χ3n) is 5.16. The minimum atomic E-state index is -0.856. The molecule has 10 nitrogen and oxygen atoms in total. The molecule has 4 aromatic rings. The first-order valence-corrected chi connectivity index (χ1v) is 11.0. The van der Waals surface area contributed by atoms with Gasteiger partial charge in [0.15, 0.2) is 0 Å². The Labute approximate surface area is 197 Å². The number of rotatable bonds is 5. The number of hydrogen-bond acceptors (Lipinski definition) is 9. The van der Waals surface area contributed by atoms with Crippen molar-refractivity contribution < 1.29 is 18.5 Å². The molecule has 0 spiro atoms. The molecule has 0 aliphatic heterocycles. The second-order valence-corrected chi connectivity index (χ2v) is 8.36. The van der Waals surface area contributed by atoms with Crippen molar-refractivity contribution in [1.29, 1.82) is 5.41 Å². The topological polar surface area (TPSA) is 125 Å². The van der Waals surface area contributed by atoms with Crippen LogP contribution in [0.3, 0.4) is 0 Å². The maximum atomic E-state index is 12.3. The van der Waals surface area contributed by atoms with Crippen molar-refractivity contribution in [2.75, 3.05) is 14.2 Å². The van der Waals surface area contributed by atoms with Crippen LogP contribution in [0, 0.1) is 19.3 Å². The van der Waals surface area contributed by atoms with Gasteiger partial charge >= 0.3 is 11.3 Å². The maximum Gasteiger partial charge on any atom is 0.357 e. The van der Waals surface area contributed by atoms with Gasteiger partial charge in [-0.3, -0.25) is 5.41 Å². The van der Waals surface area contributed by atoms with Crippen LogP contribution in [0.25, 0.3) is 15.3 Å². The predicted molar refractivity (Wildman–Crippen MR) is 126 cm³/mol. The van der Waals surface area contributed by atoms with Crippen LogP contribution in [-0.2, 0) is 6.54 Å². The van der Waals surface area contributed by atoms with Crippen LogP contribution in [0.5, 0.6) is 11.5 Å². The van der Waals surface area contributed by atoms with Crippen LogP contribution < -0.4 is 26.3 Å². The lowest BCUT2D eigenvalue weighted by molar-refractivity contribution is 0.195. The normalized spacial score (nSPS) is 10.8. The van der Waals surface area contributed by atoms with Crippen LogP contribution in [0.4, 0.5) is 0 Å². The number of hydrogen-bond donors (Lipinski definition) is 1. The second-order valence-electron chi connectivity index (χ2n) is 7.35. The summed E-state index contributed by atoms with van der Waals surface area (Å²) < 4.78 is 24.4. The van der Waals surface area contributed by atoms with Crippen molar-refractivity contribution in [2.45, 2.75) is 20.4 Å². The summed E-state index contributed by atoms with van der Waals surface area (Å²) in [6.45, 7) is 3.84. The third kappa shape index (κ3) is 4.50. The van der Waals surface area contributed by atoms with E-state index in [0.717, 1.165) is 37.4 Å². The molecule has 0 fully saturated rings. The van der Waals surface area contributed by atoms with Crippen LogP contribution >= 0.6 is 11.3 Å². The van der Waals surface area contributed by atoms with Crippen molar-refractivity contribution in [3.05, 3.63) is 85.6 Å². The molecule has 0 saturated heterocycles. The lowest BCUT2D eigenvalue weighted by Crippen LogP contribution is -2.30. The van der Waals surface area contributed by atoms with Gasteiger partial charge in [0, 0.05) is 12.1 Å². The average molecular weight is 483 g/mol. The molecule has 2 heterocycles. The number of benzene rings is 2. The Morgan fingerprint density at radius 1 is 0.971 bits per heavy atom. The first kappa shape index (κ1) is 23.1. The lowest BCUT2D eigenvalue weighted by atomic mass is 10.1. The summed E-state index contributed by atoms with van der Waals surface area (Å²) in [6.07, 6.45) is 0. The van der Waals surface area contributed by atoms with Gasteiger partial charge in [-0.05, 0) is 49.2 Å². The van der Waals surface area contributed by atoms with E-state index in [2.05, 4.69) is 4.98 Å². The minimum Gasteiger partial charge on any atom is -0.496 e. The number of nitrogens with zero attached hydrogens (tertiary/aromatic N) is 3. The fourth-order valence-electron chi connectivity index (χ4n) is 3.30. The standard InChI is InChI=1S/C23H22N4O6S/c1-13-10-16-19(11-14(13)2)34-23(25-16)27-22(24)26(32-20(28)8-9-21(29)33-27)12-15-17(30-3)6-5-7-18(15)31-4/h5-11,24H,12H2,1-4H3. The Balaban J connectivity index is 2.01. The Hall–Kier alpha value is -4.12. The highest BCUT2D eigenvalue weighted by atomic mass is 32.1. The zero-order chi connectivity index (χ0) is 24.4. The molecule has 1 N–H and O–H groups in total. The smallest absolute Gasteiger partial charge is 0.357 e.